The van der Waals surface area contributed by atoms with Gasteiger partial charge in [0.05, 0.1) is 11.9 Å². The topological polar surface area (TPSA) is 80.3 Å². The fourth-order valence-electron chi connectivity index (χ4n) is 3.69. The van der Waals surface area contributed by atoms with Crippen molar-refractivity contribution in [3.63, 3.8) is 0 Å². The van der Waals surface area contributed by atoms with Gasteiger partial charge < -0.3 is 19.8 Å². The van der Waals surface area contributed by atoms with E-state index in [2.05, 4.69) is 48.1 Å². The summed E-state index contributed by atoms with van der Waals surface area (Å²) >= 11 is -1.68. The maximum absolute atomic E-state index is 10.0. The first-order chi connectivity index (χ1) is 17.6. The normalized spacial score (nSPS) is 10.5. The molecule has 0 amide bonds. The molecule has 0 heterocycles. The van der Waals surface area contributed by atoms with Gasteiger partial charge in [-0.3, -0.25) is 0 Å². The summed E-state index contributed by atoms with van der Waals surface area (Å²) in [6.45, 7) is 18.3. The molecule has 0 aromatic heterocycles. The van der Waals surface area contributed by atoms with Gasteiger partial charge in [-0.2, -0.15) is 0 Å². The van der Waals surface area contributed by atoms with Crippen molar-refractivity contribution in [2.45, 2.75) is 152 Å². The SMILES string of the molecule is C=C(C=C(C)C(=O)[O-])C(=O)[O-].CCC[CH2][Sn+]([CH2]CCC)[CH2]CCC.CCC[CH2][Sn+]([CH2]CCC)[CH2]CCC. The van der Waals surface area contributed by atoms with E-state index >= 15 is 0 Å². The molecule has 0 rings (SSSR count). The molecule has 0 fully saturated rings. The van der Waals surface area contributed by atoms with Gasteiger partial charge >= 0.3 is 185 Å². The fourth-order valence-corrected chi connectivity index (χ4v) is 22.6. The van der Waals surface area contributed by atoms with Crippen LogP contribution in [0.2, 0.25) is 26.6 Å². The number of aliphatic carboxylic acids is 2. The summed E-state index contributed by atoms with van der Waals surface area (Å²) in [6.07, 6.45) is 18.6. The third kappa shape index (κ3) is 32.1. The molecule has 0 saturated carbocycles. The second kappa shape index (κ2) is 32.2. The summed E-state index contributed by atoms with van der Waals surface area (Å²) in [7, 11) is 0. The van der Waals surface area contributed by atoms with E-state index in [1.165, 1.54) is 84.0 Å². The zero-order valence-electron chi connectivity index (χ0n) is 25.6. The van der Waals surface area contributed by atoms with Crippen molar-refractivity contribution < 1.29 is 19.8 Å². The second-order valence-electron chi connectivity index (χ2n) is 10.0. The number of hydrogen-bond acceptors (Lipinski definition) is 4. The molecule has 0 saturated heterocycles. The van der Waals surface area contributed by atoms with Gasteiger partial charge in [-0.25, -0.2) is 0 Å². The minimum atomic E-state index is -1.49. The summed E-state index contributed by atoms with van der Waals surface area (Å²) in [4.78, 5) is 20.0. The Labute approximate surface area is 245 Å². The molecule has 6 heteroatoms. The molecule has 0 aromatic rings. The Kier molecular flexibility index (Phi) is 36.1. The molecule has 216 valence electrons. The van der Waals surface area contributed by atoms with Crippen molar-refractivity contribution in [3.05, 3.63) is 23.8 Å². The number of hydrogen-bond donors (Lipinski definition) is 0. The fraction of sp³-hybridized carbons (Fsp3) is 0.806. The number of carbonyl (C=O) groups excluding carboxylic acids is 2. The monoisotopic (exact) mass is 736 g/mol. The zero-order chi connectivity index (χ0) is 28.9. The Morgan fingerprint density at radius 3 is 0.973 bits per heavy atom. The second-order valence-corrected chi connectivity index (χ2v) is 27.2. The predicted molar refractivity (Wildman–Crippen MR) is 163 cm³/mol. The molecule has 0 bridgehead atoms. The van der Waals surface area contributed by atoms with Crippen molar-refractivity contribution in [2.24, 2.45) is 0 Å². The number of unbranched alkanes of at least 4 members (excludes halogenated alkanes) is 6. The average Bonchev–Trinajstić information content (AvgIpc) is 2.88. The molecule has 0 radical (unpaired) electrons. The van der Waals surface area contributed by atoms with E-state index in [0.29, 0.717) is 0 Å². The van der Waals surface area contributed by atoms with Gasteiger partial charge in [0.15, 0.2) is 0 Å². The first kappa shape index (κ1) is 41.5. The summed E-state index contributed by atoms with van der Waals surface area (Å²) < 4.78 is 10.1. The molecule has 4 nitrogen and oxygen atoms in total. The number of carboxylic acid groups (broad SMARTS) is 2. The number of carboxylic acids is 2. The Balaban J connectivity index is -0.000000471. The van der Waals surface area contributed by atoms with Gasteiger partial charge in [0.2, 0.25) is 0 Å². The van der Waals surface area contributed by atoms with Gasteiger partial charge in [-0.05, 0) is 24.1 Å². The van der Waals surface area contributed by atoms with Gasteiger partial charge in [0.25, 0.3) is 0 Å². The summed E-state index contributed by atoms with van der Waals surface area (Å²) in [5.74, 6) is -2.92. The van der Waals surface area contributed by atoms with Crippen LogP contribution in [0.4, 0.5) is 0 Å². The van der Waals surface area contributed by atoms with Gasteiger partial charge in [0.1, 0.15) is 0 Å². The van der Waals surface area contributed by atoms with Gasteiger partial charge in [0, 0.05) is 0 Å². The van der Waals surface area contributed by atoms with Crippen LogP contribution in [-0.4, -0.2) is 51.5 Å². The van der Waals surface area contributed by atoms with Crippen LogP contribution in [0.1, 0.15) is 126 Å². The standard InChI is InChI=1S/C7H8O4.6C4H9.2Sn/c1-4(6(8)9)3-5(2)7(10)11;6*1-3-4-2;;/h3H,1H2,2H3,(H,8,9)(H,10,11);6*1,3-4H2,2H3;;/q;;;;;;;2*+1/p-2. The molecule has 0 aliphatic carbocycles. The molecular weight excluding hydrogens is 674 g/mol. The van der Waals surface area contributed by atoms with E-state index in [1.54, 1.807) is 26.6 Å². The Bertz CT molecular complexity index is 514. The molecule has 0 aromatic carbocycles. The van der Waals surface area contributed by atoms with Crippen molar-refractivity contribution in [2.75, 3.05) is 0 Å². The van der Waals surface area contributed by atoms with Crippen LogP contribution in [0.15, 0.2) is 23.8 Å². The van der Waals surface area contributed by atoms with Gasteiger partial charge in [-0.1, -0.05) is 6.58 Å². The van der Waals surface area contributed by atoms with Crippen LogP contribution < -0.4 is 10.2 Å². The number of carbonyl (C=O) groups is 2. The zero-order valence-corrected chi connectivity index (χ0v) is 31.4. The molecule has 0 aliphatic rings. The van der Waals surface area contributed by atoms with E-state index in [4.69, 9.17) is 0 Å². The molecule has 0 atom stereocenters. The summed E-state index contributed by atoms with van der Waals surface area (Å²) in [5, 5.41) is 20.0. The molecular formula is C31H60O4Sn2. The molecule has 0 spiro atoms. The molecule has 0 N–H and O–H groups in total. The van der Waals surface area contributed by atoms with Crippen molar-refractivity contribution in [3.8, 4) is 0 Å². The first-order valence-corrected chi connectivity index (χ1v) is 27.2. The van der Waals surface area contributed by atoms with Gasteiger partial charge in [-0.15, -0.1) is 0 Å². The van der Waals surface area contributed by atoms with Crippen LogP contribution in [0, 0.1) is 0 Å². The first-order valence-electron chi connectivity index (χ1n) is 15.1. The predicted octanol–water partition coefficient (Wildman–Crippen LogP) is 7.75. The average molecular weight is 734 g/mol. The maximum atomic E-state index is 10.0. The van der Waals surface area contributed by atoms with E-state index < -0.39 is 51.5 Å². The third-order valence-electron chi connectivity index (χ3n) is 6.28. The van der Waals surface area contributed by atoms with E-state index in [1.807, 2.05) is 0 Å². The van der Waals surface area contributed by atoms with Crippen molar-refractivity contribution in [1.29, 1.82) is 0 Å². The number of rotatable bonds is 21. The van der Waals surface area contributed by atoms with E-state index in [0.717, 1.165) is 6.08 Å². The third-order valence-corrected chi connectivity index (χ3v) is 24.4. The Hall–Kier alpha value is 0.0174. The van der Waals surface area contributed by atoms with Crippen molar-refractivity contribution >= 4 is 51.5 Å². The van der Waals surface area contributed by atoms with E-state index in [9.17, 15) is 19.8 Å². The molecule has 37 heavy (non-hydrogen) atoms. The minimum absolute atomic E-state index is 0.195. The summed E-state index contributed by atoms with van der Waals surface area (Å²) in [5.41, 5.74) is -0.578. The Morgan fingerprint density at radius 1 is 0.568 bits per heavy atom. The summed E-state index contributed by atoms with van der Waals surface area (Å²) in [6, 6.07) is 0. The molecule has 0 aliphatic heterocycles. The van der Waals surface area contributed by atoms with Crippen LogP contribution in [-0.2, 0) is 9.59 Å². The molecule has 0 unspecified atom stereocenters. The van der Waals surface area contributed by atoms with E-state index in [-0.39, 0.29) is 11.1 Å². The van der Waals surface area contributed by atoms with Crippen LogP contribution >= 0.6 is 0 Å². The van der Waals surface area contributed by atoms with Crippen LogP contribution in [0.25, 0.3) is 0 Å². The van der Waals surface area contributed by atoms with Crippen LogP contribution in [0.3, 0.4) is 0 Å². The van der Waals surface area contributed by atoms with Crippen molar-refractivity contribution in [1.82, 2.24) is 0 Å². The quantitative estimate of drug-likeness (QED) is 0.0687. The van der Waals surface area contributed by atoms with Crippen LogP contribution in [0.5, 0.6) is 0 Å². The Morgan fingerprint density at radius 2 is 0.811 bits per heavy atom.